The maximum absolute atomic E-state index is 13.8. The first-order valence-corrected chi connectivity index (χ1v) is 13.6. The highest BCUT2D eigenvalue weighted by molar-refractivity contribution is 7.89. The number of hydrogen-bond acceptors (Lipinski definition) is 5. The van der Waals surface area contributed by atoms with Crippen molar-refractivity contribution in [1.82, 2.24) is 13.9 Å². The van der Waals surface area contributed by atoms with E-state index in [0.717, 1.165) is 22.2 Å². The molecule has 0 saturated heterocycles. The molecule has 0 unspecified atom stereocenters. The minimum absolute atomic E-state index is 0. The summed E-state index contributed by atoms with van der Waals surface area (Å²) in [6.07, 6.45) is 1.18. The van der Waals surface area contributed by atoms with Gasteiger partial charge in [0.2, 0.25) is 10.0 Å². The first-order chi connectivity index (χ1) is 17.2. The number of aromatic nitrogens is 2. The number of aliphatic hydroxyl groups is 1. The molecule has 0 amide bonds. The Labute approximate surface area is 225 Å². The van der Waals surface area contributed by atoms with Crippen LogP contribution in [0.25, 0.3) is 11.0 Å². The minimum Gasteiger partial charge on any atom is -0.390 e. The van der Waals surface area contributed by atoms with Gasteiger partial charge in [-0.1, -0.05) is 74.5 Å². The maximum atomic E-state index is 13.8. The quantitative estimate of drug-likeness (QED) is 0.297. The highest BCUT2D eigenvalue weighted by atomic mass is 35.5. The van der Waals surface area contributed by atoms with E-state index in [2.05, 4.69) is 4.98 Å². The number of nitrogens with zero attached hydrogens (tertiary/aromatic N) is 3. The topological polar surface area (TPSA) is 101 Å². The number of fused-ring (bicyclic) bond motifs is 1. The van der Waals surface area contributed by atoms with Crippen LogP contribution in [0.3, 0.4) is 0 Å². The molecule has 7 nitrogen and oxygen atoms in total. The lowest BCUT2D eigenvalue weighted by Crippen LogP contribution is -2.47. The van der Waals surface area contributed by atoms with E-state index in [4.69, 9.17) is 5.73 Å². The van der Waals surface area contributed by atoms with Gasteiger partial charge in [0.05, 0.1) is 28.4 Å². The van der Waals surface area contributed by atoms with Crippen molar-refractivity contribution in [1.29, 1.82) is 0 Å². The number of hydrogen-bond donors (Lipinski definition) is 2. The summed E-state index contributed by atoms with van der Waals surface area (Å²) in [7, 11) is -3.88. The predicted octanol–water partition coefficient (Wildman–Crippen LogP) is 4.08. The number of imidazole rings is 1. The highest BCUT2D eigenvalue weighted by Crippen LogP contribution is 2.24. The fourth-order valence-electron chi connectivity index (χ4n) is 4.30. The number of benzene rings is 3. The van der Waals surface area contributed by atoms with Crippen molar-refractivity contribution >= 4 is 33.5 Å². The minimum atomic E-state index is -3.88. The van der Waals surface area contributed by atoms with Gasteiger partial charge in [-0.2, -0.15) is 4.31 Å². The van der Waals surface area contributed by atoms with Gasteiger partial charge in [-0.25, -0.2) is 13.4 Å². The molecule has 4 rings (SSSR count). The number of sulfonamides is 1. The Hall–Kier alpha value is -2.75. The summed E-state index contributed by atoms with van der Waals surface area (Å²) in [4.78, 5) is 4.62. The molecule has 37 heavy (non-hydrogen) atoms. The molecule has 1 aromatic heterocycles. The molecule has 0 aliphatic rings. The van der Waals surface area contributed by atoms with E-state index in [1.54, 1.807) is 24.5 Å². The zero-order valence-electron chi connectivity index (χ0n) is 21.1. The van der Waals surface area contributed by atoms with Gasteiger partial charge in [-0.05, 0) is 41.7 Å². The van der Waals surface area contributed by atoms with Crippen LogP contribution in [-0.2, 0) is 23.0 Å². The Morgan fingerprint density at radius 3 is 2.19 bits per heavy atom. The number of aliphatic hydroxyl groups excluding tert-OH is 1. The van der Waals surface area contributed by atoms with Crippen LogP contribution in [0, 0.1) is 5.92 Å². The molecule has 3 aromatic carbocycles. The smallest absolute Gasteiger partial charge is 0.243 e. The van der Waals surface area contributed by atoms with Crippen LogP contribution in [0.15, 0.2) is 90.1 Å². The van der Waals surface area contributed by atoms with Crippen molar-refractivity contribution < 1.29 is 13.5 Å². The molecular weight excluding hydrogens is 508 g/mol. The standard InChI is InChI=1S/C28H34N4O3S.ClH/c1-21(2)17-32(19-28(33)25(29)15-22-9-5-3-6-10-22)36(34,35)24-13-14-26-27(16-24)31(20-30-26)18-23-11-7-4-8-12-23;/h3-14,16,20-21,25,28,33H,15,17-19,29H2,1-2H3;1H/t25-,28+;/m0./s1. The molecule has 0 radical (unpaired) electrons. The van der Waals surface area contributed by atoms with Crippen LogP contribution in [-0.4, -0.2) is 52.6 Å². The third-order valence-corrected chi connectivity index (χ3v) is 8.02. The van der Waals surface area contributed by atoms with Crippen LogP contribution in [0.4, 0.5) is 0 Å². The van der Waals surface area contributed by atoms with Gasteiger partial charge in [0.1, 0.15) is 0 Å². The van der Waals surface area contributed by atoms with Crippen LogP contribution in [0.2, 0.25) is 0 Å². The van der Waals surface area contributed by atoms with Gasteiger partial charge >= 0.3 is 0 Å². The molecular formula is C28H35ClN4O3S. The predicted molar refractivity (Wildman–Crippen MR) is 150 cm³/mol. The molecule has 4 aromatic rings. The van der Waals surface area contributed by atoms with Gasteiger partial charge < -0.3 is 15.4 Å². The lowest BCUT2D eigenvalue weighted by molar-refractivity contribution is 0.116. The van der Waals surface area contributed by atoms with Crippen molar-refractivity contribution in [2.45, 2.75) is 43.9 Å². The highest BCUT2D eigenvalue weighted by Gasteiger charge is 2.30. The first-order valence-electron chi connectivity index (χ1n) is 12.2. The summed E-state index contributed by atoms with van der Waals surface area (Å²) < 4.78 is 30.8. The first kappa shape index (κ1) is 28.8. The molecule has 0 bridgehead atoms. The largest absolute Gasteiger partial charge is 0.390 e. The molecule has 0 spiro atoms. The fraction of sp³-hybridized carbons (Fsp3) is 0.321. The van der Waals surface area contributed by atoms with E-state index in [1.807, 2.05) is 79.1 Å². The summed E-state index contributed by atoms with van der Waals surface area (Å²) in [5.74, 6) is 0.0738. The van der Waals surface area contributed by atoms with E-state index < -0.39 is 22.2 Å². The number of nitrogens with two attached hydrogens (primary N) is 1. The van der Waals surface area contributed by atoms with Crippen molar-refractivity contribution in [3.8, 4) is 0 Å². The SMILES string of the molecule is CC(C)CN(C[C@@H](O)[C@@H](N)Cc1ccccc1)S(=O)(=O)c1ccc2ncn(Cc3ccccc3)c2c1.Cl. The lowest BCUT2D eigenvalue weighted by Gasteiger charge is -2.28. The molecule has 0 saturated carbocycles. The van der Waals surface area contributed by atoms with E-state index in [-0.39, 0.29) is 36.3 Å². The Bertz CT molecular complexity index is 1380. The lowest BCUT2D eigenvalue weighted by atomic mass is 10.0. The van der Waals surface area contributed by atoms with Crippen molar-refractivity contribution in [2.24, 2.45) is 11.7 Å². The van der Waals surface area contributed by atoms with Crippen molar-refractivity contribution in [3.63, 3.8) is 0 Å². The molecule has 2 atom stereocenters. The van der Waals surface area contributed by atoms with E-state index in [0.29, 0.717) is 13.0 Å². The summed E-state index contributed by atoms with van der Waals surface area (Å²) in [5.41, 5.74) is 9.85. The number of halogens is 1. The van der Waals surface area contributed by atoms with Crippen LogP contribution in [0.1, 0.15) is 25.0 Å². The second-order valence-corrected chi connectivity index (χ2v) is 11.6. The van der Waals surface area contributed by atoms with Crippen molar-refractivity contribution in [3.05, 3.63) is 96.3 Å². The summed E-state index contributed by atoms with van der Waals surface area (Å²) in [5, 5.41) is 10.9. The monoisotopic (exact) mass is 542 g/mol. The third kappa shape index (κ3) is 7.18. The van der Waals surface area contributed by atoms with Crippen molar-refractivity contribution in [2.75, 3.05) is 13.1 Å². The second-order valence-electron chi connectivity index (χ2n) is 9.65. The molecule has 9 heteroatoms. The molecule has 3 N–H and O–H groups in total. The molecule has 0 aliphatic heterocycles. The average molecular weight is 543 g/mol. The Kier molecular flexibility index (Phi) is 9.87. The molecule has 0 fully saturated rings. The van der Waals surface area contributed by atoms with Gasteiger partial charge in [-0.15, -0.1) is 12.4 Å². The van der Waals surface area contributed by atoms with Gasteiger partial charge in [0.15, 0.2) is 0 Å². The van der Waals surface area contributed by atoms with E-state index in [1.165, 1.54) is 4.31 Å². The third-order valence-electron chi connectivity index (χ3n) is 6.19. The van der Waals surface area contributed by atoms with Crippen LogP contribution >= 0.6 is 12.4 Å². The molecule has 0 aliphatic carbocycles. The van der Waals surface area contributed by atoms with E-state index >= 15 is 0 Å². The summed E-state index contributed by atoms with van der Waals surface area (Å²) in [6, 6.07) is 24.0. The Morgan fingerprint density at radius 1 is 0.946 bits per heavy atom. The Morgan fingerprint density at radius 2 is 1.57 bits per heavy atom. The van der Waals surface area contributed by atoms with E-state index in [9.17, 15) is 13.5 Å². The number of rotatable bonds is 11. The van der Waals surface area contributed by atoms with Gasteiger partial charge in [-0.3, -0.25) is 0 Å². The van der Waals surface area contributed by atoms with Crippen LogP contribution < -0.4 is 5.73 Å². The second kappa shape index (κ2) is 12.7. The van der Waals surface area contributed by atoms with Gasteiger partial charge in [0.25, 0.3) is 0 Å². The molecule has 198 valence electrons. The Balaban J connectivity index is 0.00000380. The average Bonchev–Trinajstić information content (AvgIpc) is 3.26. The molecule has 1 heterocycles. The summed E-state index contributed by atoms with van der Waals surface area (Å²) in [6.45, 7) is 4.70. The zero-order chi connectivity index (χ0) is 25.7. The normalized spacial score (nSPS) is 13.6. The summed E-state index contributed by atoms with van der Waals surface area (Å²) >= 11 is 0. The maximum Gasteiger partial charge on any atom is 0.243 e. The fourth-order valence-corrected chi connectivity index (χ4v) is 5.94. The van der Waals surface area contributed by atoms with Crippen LogP contribution in [0.5, 0.6) is 0 Å². The van der Waals surface area contributed by atoms with Gasteiger partial charge in [0, 0.05) is 25.7 Å². The zero-order valence-corrected chi connectivity index (χ0v) is 22.8.